The quantitative estimate of drug-likeness (QED) is 0.314. The van der Waals surface area contributed by atoms with E-state index in [-0.39, 0.29) is 17.5 Å². The van der Waals surface area contributed by atoms with E-state index in [2.05, 4.69) is 5.32 Å². The number of hydrogen-bond donors (Lipinski definition) is 1. The van der Waals surface area contributed by atoms with Crippen LogP contribution in [0.1, 0.15) is 40.5 Å². The van der Waals surface area contributed by atoms with Crippen LogP contribution in [0.15, 0.2) is 70.6 Å². The molecule has 2 aliphatic carbocycles. The number of thiophene rings is 1. The number of para-hydroxylation sites is 1. The molecule has 0 bridgehead atoms. The first kappa shape index (κ1) is 20.7. The van der Waals surface area contributed by atoms with Crippen molar-refractivity contribution in [2.75, 3.05) is 0 Å². The Balaban J connectivity index is 1.51. The summed E-state index contributed by atoms with van der Waals surface area (Å²) in [6.45, 7) is 0. The van der Waals surface area contributed by atoms with Crippen molar-refractivity contribution in [1.29, 1.82) is 0 Å². The zero-order valence-electron chi connectivity index (χ0n) is 18.0. The molecular formula is C26H23N3O2S2. The zero-order chi connectivity index (χ0) is 22.4. The summed E-state index contributed by atoms with van der Waals surface area (Å²) in [6.07, 6.45) is 5.09. The van der Waals surface area contributed by atoms with Crippen LogP contribution in [-0.4, -0.2) is 21.5 Å². The Kier molecular flexibility index (Phi) is 5.31. The Bertz CT molecular complexity index is 1390. The molecule has 1 atom stereocenters. The molecule has 7 heteroatoms. The van der Waals surface area contributed by atoms with Crippen LogP contribution in [0.5, 0.6) is 0 Å². The minimum atomic E-state index is -0.488. The van der Waals surface area contributed by atoms with Crippen molar-refractivity contribution in [1.82, 2.24) is 14.9 Å². The number of nitrogens with zero attached hydrogens (tertiary/aromatic N) is 2. The second kappa shape index (κ2) is 8.47. The van der Waals surface area contributed by atoms with Gasteiger partial charge in [-0.15, -0.1) is 11.3 Å². The van der Waals surface area contributed by atoms with Crippen LogP contribution in [0, 0.1) is 0 Å². The van der Waals surface area contributed by atoms with Gasteiger partial charge in [0, 0.05) is 10.9 Å². The van der Waals surface area contributed by atoms with E-state index in [0.29, 0.717) is 5.16 Å². The molecule has 33 heavy (non-hydrogen) atoms. The third kappa shape index (κ3) is 3.89. The maximum atomic E-state index is 13.9. The molecule has 6 rings (SSSR count). The summed E-state index contributed by atoms with van der Waals surface area (Å²) in [5, 5.41) is 3.96. The molecule has 5 nitrogen and oxygen atoms in total. The highest BCUT2D eigenvalue weighted by molar-refractivity contribution is 8.00. The summed E-state index contributed by atoms with van der Waals surface area (Å²) in [5.41, 5.74) is 2.80. The third-order valence-corrected chi connectivity index (χ3v) is 8.60. The summed E-state index contributed by atoms with van der Waals surface area (Å²) >= 11 is 2.99. The van der Waals surface area contributed by atoms with Gasteiger partial charge < -0.3 is 5.32 Å². The fourth-order valence-corrected chi connectivity index (χ4v) is 6.85. The lowest BCUT2D eigenvalue weighted by Gasteiger charge is -2.19. The monoisotopic (exact) mass is 473 g/mol. The van der Waals surface area contributed by atoms with Gasteiger partial charge >= 0.3 is 0 Å². The zero-order valence-corrected chi connectivity index (χ0v) is 19.6. The molecule has 2 aliphatic rings. The van der Waals surface area contributed by atoms with Crippen molar-refractivity contribution in [2.24, 2.45) is 0 Å². The lowest BCUT2D eigenvalue weighted by Crippen LogP contribution is -2.30. The second-order valence-corrected chi connectivity index (χ2v) is 10.8. The third-order valence-electron chi connectivity index (χ3n) is 6.21. The van der Waals surface area contributed by atoms with Gasteiger partial charge in [-0.05, 0) is 55.4 Å². The fourth-order valence-electron chi connectivity index (χ4n) is 4.42. The van der Waals surface area contributed by atoms with Crippen molar-refractivity contribution in [3.8, 4) is 5.69 Å². The van der Waals surface area contributed by atoms with Crippen LogP contribution < -0.4 is 10.9 Å². The number of nitrogens with one attached hydrogen (secondary N) is 1. The molecular weight excluding hydrogens is 450 g/mol. The molecule has 166 valence electrons. The van der Waals surface area contributed by atoms with E-state index < -0.39 is 5.25 Å². The van der Waals surface area contributed by atoms with E-state index in [1.54, 1.807) is 15.9 Å². The molecule has 0 saturated heterocycles. The number of aryl methyl sites for hydroxylation is 2. The predicted molar refractivity (Wildman–Crippen MR) is 133 cm³/mol. The average molecular weight is 474 g/mol. The molecule has 4 aromatic rings. The van der Waals surface area contributed by atoms with E-state index in [0.717, 1.165) is 53.6 Å². The molecule has 2 aromatic carbocycles. The average Bonchev–Trinajstić information content (AvgIpc) is 3.41. The number of benzene rings is 2. The highest BCUT2D eigenvalue weighted by Crippen LogP contribution is 2.39. The summed E-state index contributed by atoms with van der Waals surface area (Å²) < 4.78 is 1.69. The molecule has 1 N–H and O–H groups in total. The SMILES string of the molecule is O=C(NC1CC1)C(Sc1nc2sc3c(c2c(=O)n1-c1ccccc1)CCC3)c1ccccc1. The van der Waals surface area contributed by atoms with E-state index in [9.17, 15) is 9.59 Å². The minimum Gasteiger partial charge on any atom is -0.352 e. The van der Waals surface area contributed by atoms with Gasteiger partial charge in [-0.1, -0.05) is 60.3 Å². The molecule has 1 amide bonds. The predicted octanol–water partition coefficient (Wildman–Crippen LogP) is 5.05. The summed E-state index contributed by atoms with van der Waals surface area (Å²) in [5.74, 6) is -0.0312. The van der Waals surface area contributed by atoms with Crippen LogP contribution in [0.4, 0.5) is 0 Å². The van der Waals surface area contributed by atoms with Crippen LogP contribution in [0.25, 0.3) is 15.9 Å². The first-order valence-electron chi connectivity index (χ1n) is 11.3. The Labute approximate surface area is 199 Å². The molecule has 2 heterocycles. The minimum absolute atomic E-state index is 0.0312. The largest absolute Gasteiger partial charge is 0.352 e. The Morgan fingerprint density at radius 1 is 1.06 bits per heavy atom. The highest BCUT2D eigenvalue weighted by atomic mass is 32.2. The number of aromatic nitrogens is 2. The van der Waals surface area contributed by atoms with Gasteiger partial charge in [-0.3, -0.25) is 14.2 Å². The number of amides is 1. The van der Waals surface area contributed by atoms with Crippen LogP contribution in [-0.2, 0) is 17.6 Å². The molecule has 1 fully saturated rings. The number of carbonyl (C=O) groups excluding carboxylic acids is 1. The van der Waals surface area contributed by atoms with E-state index in [4.69, 9.17) is 4.98 Å². The smallest absolute Gasteiger partial charge is 0.267 e. The standard InChI is InChI=1S/C26H23N3O2S2/c30-23(27-17-14-15-17)22(16-8-3-1-4-9-16)33-26-28-24-21(19-12-7-13-20(19)32-24)25(31)29(26)18-10-5-2-6-11-18/h1-6,8-11,17,22H,7,12-15H2,(H,27,30). The molecule has 0 aliphatic heterocycles. The summed E-state index contributed by atoms with van der Waals surface area (Å²) in [4.78, 5) is 34.2. The summed E-state index contributed by atoms with van der Waals surface area (Å²) in [6, 6.07) is 19.7. The van der Waals surface area contributed by atoms with E-state index >= 15 is 0 Å². The first-order valence-corrected chi connectivity index (χ1v) is 13.0. The molecule has 0 spiro atoms. The lowest BCUT2D eigenvalue weighted by atomic mass is 10.1. The van der Waals surface area contributed by atoms with Crippen molar-refractivity contribution in [3.63, 3.8) is 0 Å². The van der Waals surface area contributed by atoms with Gasteiger partial charge in [0.25, 0.3) is 5.56 Å². The van der Waals surface area contributed by atoms with Gasteiger partial charge in [0.2, 0.25) is 5.91 Å². The van der Waals surface area contributed by atoms with E-state index in [1.165, 1.54) is 22.2 Å². The number of hydrogen-bond acceptors (Lipinski definition) is 5. The van der Waals surface area contributed by atoms with Gasteiger partial charge in [0.1, 0.15) is 10.1 Å². The second-order valence-electron chi connectivity index (χ2n) is 8.60. The summed E-state index contributed by atoms with van der Waals surface area (Å²) in [7, 11) is 0. The number of thioether (sulfide) groups is 1. The Morgan fingerprint density at radius 3 is 2.52 bits per heavy atom. The maximum Gasteiger partial charge on any atom is 0.267 e. The Morgan fingerprint density at radius 2 is 1.79 bits per heavy atom. The number of carbonyl (C=O) groups is 1. The normalized spacial score (nSPS) is 16.0. The van der Waals surface area contributed by atoms with Crippen molar-refractivity contribution in [2.45, 2.75) is 48.6 Å². The van der Waals surface area contributed by atoms with Crippen molar-refractivity contribution in [3.05, 3.63) is 87.0 Å². The topological polar surface area (TPSA) is 64.0 Å². The highest BCUT2D eigenvalue weighted by Gasteiger charge is 2.31. The molecule has 1 saturated carbocycles. The number of fused-ring (bicyclic) bond motifs is 3. The molecule has 0 radical (unpaired) electrons. The van der Waals surface area contributed by atoms with Crippen molar-refractivity contribution < 1.29 is 4.79 Å². The van der Waals surface area contributed by atoms with Gasteiger partial charge in [0.15, 0.2) is 5.16 Å². The van der Waals surface area contributed by atoms with Crippen molar-refractivity contribution >= 4 is 39.2 Å². The van der Waals surface area contributed by atoms with Crippen LogP contribution in [0.3, 0.4) is 0 Å². The van der Waals surface area contributed by atoms with E-state index in [1.807, 2.05) is 60.7 Å². The fraction of sp³-hybridized carbons (Fsp3) is 0.269. The maximum absolute atomic E-state index is 13.9. The van der Waals surface area contributed by atoms with Crippen LogP contribution in [0.2, 0.25) is 0 Å². The lowest BCUT2D eigenvalue weighted by molar-refractivity contribution is -0.120. The molecule has 2 aromatic heterocycles. The number of rotatable bonds is 6. The van der Waals surface area contributed by atoms with Crippen LogP contribution >= 0.6 is 23.1 Å². The Hall–Kier alpha value is -2.90. The van der Waals surface area contributed by atoms with Gasteiger partial charge in [-0.2, -0.15) is 0 Å². The molecule has 1 unspecified atom stereocenters. The van der Waals surface area contributed by atoms with Gasteiger partial charge in [-0.25, -0.2) is 4.98 Å². The first-order chi connectivity index (χ1) is 16.2. The van der Waals surface area contributed by atoms with Gasteiger partial charge in [0.05, 0.1) is 11.1 Å².